The smallest absolute Gasteiger partial charge is 0.143 e. The minimum atomic E-state index is 0.703. The van der Waals surface area contributed by atoms with Gasteiger partial charge in [0.2, 0.25) is 0 Å². The van der Waals surface area contributed by atoms with Crippen LogP contribution in [0.25, 0.3) is 0 Å². The largest absolute Gasteiger partial charge is 0.410 e. The zero-order valence-corrected chi connectivity index (χ0v) is 12.3. The molecule has 1 aromatic rings. The number of hydrogen-bond acceptors (Lipinski definition) is 3. The van der Waals surface area contributed by atoms with Gasteiger partial charge in [-0.3, -0.25) is 0 Å². The summed E-state index contributed by atoms with van der Waals surface area (Å²) in [6.45, 7) is 7.78. The van der Waals surface area contributed by atoms with Crippen LogP contribution in [-0.2, 0) is 0 Å². The monoisotopic (exact) mass is 267 g/mol. The fourth-order valence-corrected chi connectivity index (χ4v) is 2.74. The van der Waals surface area contributed by atoms with Gasteiger partial charge in [-0.2, -0.15) is 0 Å². The zero-order valence-electron chi connectivity index (χ0n) is 11.5. The number of oxime groups is 1. The summed E-state index contributed by atoms with van der Waals surface area (Å²) in [7, 11) is 2.26. The highest BCUT2D eigenvalue weighted by molar-refractivity contribution is 8.14. The maximum absolute atomic E-state index is 9.09. The van der Waals surface area contributed by atoms with Gasteiger partial charge >= 0.3 is 0 Å². The van der Waals surface area contributed by atoms with Gasteiger partial charge in [-0.05, 0) is 13.8 Å². The number of hydrogen-bond donors (Lipinski definition) is 1. The Hall–Kier alpha value is -1.00. The van der Waals surface area contributed by atoms with Gasteiger partial charge < -0.3 is 9.69 Å². The molecule has 0 aromatic heterocycles. The summed E-state index contributed by atoms with van der Waals surface area (Å²) in [4.78, 5) is 0. The Balaban J connectivity index is 2.52. The Kier molecular flexibility index (Phi) is 6.22. The molecule has 0 aliphatic rings. The van der Waals surface area contributed by atoms with Gasteiger partial charge in [0.25, 0.3) is 0 Å². The van der Waals surface area contributed by atoms with E-state index in [1.54, 1.807) is 11.8 Å². The van der Waals surface area contributed by atoms with Crippen molar-refractivity contribution >= 4 is 16.8 Å². The van der Waals surface area contributed by atoms with Gasteiger partial charge in [-0.25, -0.2) is 0 Å². The predicted octanol–water partition coefficient (Wildman–Crippen LogP) is 3.04. The van der Waals surface area contributed by atoms with Crippen LogP contribution >= 0.6 is 11.8 Å². The molecule has 100 valence electrons. The highest BCUT2D eigenvalue weighted by atomic mass is 32.2. The Morgan fingerprint density at radius 3 is 2.33 bits per heavy atom. The SMILES string of the molecule is CC[N+](C)(CC)CCS/C(=N/O)c1ccccc1. The van der Waals surface area contributed by atoms with Crippen molar-refractivity contribution in [1.82, 2.24) is 0 Å². The molecule has 0 spiro atoms. The van der Waals surface area contributed by atoms with Crippen molar-refractivity contribution in [1.29, 1.82) is 0 Å². The lowest BCUT2D eigenvalue weighted by Gasteiger charge is -2.31. The van der Waals surface area contributed by atoms with E-state index in [-0.39, 0.29) is 0 Å². The number of benzene rings is 1. The molecule has 0 bridgehead atoms. The van der Waals surface area contributed by atoms with E-state index in [2.05, 4.69) is 26.1 Å². The molecular formula is C14H23N2OS+. The van der Waals surface area contributed by atoms with Crippen LogP contribution in [0.5, 0.6) is 0 Å². The van der Waals surface area contributed by atoms with Crippen molar-refractivity contribution in [2.45, 2.75) is 13.8 Å². The molecule has 0 radical (unpaired) electrons. The lowest BCUT2D eigenvalue weighted by Crippen LogP contribution is -2.45. The van der Waals surface area contributed by atoms with E-state index in [0.717, 1.165) is 35.4 Å². The van der Waals surface area contributed by atoms with E-state index in [9.17, 15) is 0 Å². The lowest BCUT2D eigenvalue weighted by atomic mass is 10.2. The number of thioether (sulfide) groups is 1. The summed E-state index contributed by atoms with van der Waals surface area (Å²) in [5, 5.41) is 13.2. The molecule has 1 rings (SSSR count). The summed E-state index contributed by atoms with van der Waals surface area (Å²) in [5.74, 6) is 0.965. The Bertz CT molecular complexity index is 375. The molecule has 4 heteroatoms. The fourth-order valence-electron chi connectivity index (χ4n) is 1.65. The molecule has 0 atom stereocenters. The van der Waals surface area contributed by atoms with Gasteiger partial charge in [0.05, 0.1) is 26.7 Å². The molecule has 0 amide bonds. The summed E-state index contributed by atoms with van der Waals surface area (Å²) >= 11 is 1.62. The van der Waals surface area contributed by atoms with Crippen LogP contribution in [0.4, 0.5) is 0 Å². The standard InChI is InChI=1S/C14H22N2OS/c1-4-16(3,5-2)11-12-18-14(15-17)13-9-7-6-8-10-13/h6-10H,4-5,11-12H2,1-3H3/p+1/b15-14+. The van der Waals surface area contributed by atoms with Crippen molar-refractivity contribution in [2.24, 2.45) is 5.16 Å². The Labute approximate surface area is 114 Å². The Morgan fingerprint density at radius 1 is 1.22 bits per heavy atom. The molecule has 0 aliphatic heterocycles. The molecule has 0 saturated heterocycles. The van der Waals surface area contributed by atoms with Crippen LogP contribution in [0.1, 0.15) is 19.4 Å². The summed E-state index contributed by atoms with van der Waals surface area (Å²) in [5.41, 5.74) is 0.979. The first-order valence-electron chi connectivity index (χ1n) is 6.39. The van der Waals surface area contributed by atoms with Crippen molar-refractivity contribution in [3.8, 4) is 0 Å². The van der Waals surface area contributed by atoms with E-state index in [1.807, 2.05) is 30.3 Å². The molecule has 0 aliphatic carbocycles. The second-order valence-corrected chi connectivity index (χ2v) is 5.68. The second-order valence-electron chi connectivity index (χ2n) is 4.60. The summed E-state index contributed by atoms with van der Waals surface area (Å²) in [6.07, 6.45) is 0. The number of rotatable bonds is 6. The van der Waals surface area contributed by atoms with Crippen LogP contribution in [0, 0.1) is 0 Å². The van der Waals surface area contributed by atoms with Crippen molar-refractivity contribution in [3.63, 3.8) is 0 Å². The van der Waals surface area contributed by atoms with E-state index < -0.39 is 0 Å². The summed E-state index contributed by atoms with van der Waals surface area (Å²) in [6, 6.07) is 9.81. The average molecular weight is 267 g/mol. The quantitative estimate of drug-likeness (QED) is 0.282. The zero-order chi connectivity index (χ0) is 13.4. The first-order chi connectivity index (χ1) is 8.65. The molecule has 1 N–H and O–H groups in total. The summed E-state index contributed by atoms with van der Waals surface area (Å²) < 4.78 is 1.06. The highest BCUT2D eigenvalue weighted by Crippen LogP contribution is 2.15. The van der Waals surface area contributed by atoms with Gasteiger partial charge in [-0.1, -0.05) is 47.2 Å². The third-order valence-electron chi connectivity index (χ3n) is 3.51. The number of nitrogens with zero attached hydrogens (tertiary/aromatic N) is 2. The van der Waals surface area contributed by atoms with E-state index in [0.29, 0.717) is 5.04 Å². The van der Waals surface area contributed by atoms with Crippen LogP contribution in [0.3, 0.4) is 0 Å². The molecule has 3 nitrogen and oxygen atoms in total. The lowest BCUT2D eigenvalue weighted by molar-refractivity contribution is -0.903. The second kappa shape index (κ2) is 7.44. The van der Waals surface area contributed by atoms with Crippen molar-refractivity contribution in [2.75, 3.05) is 32.4 Å². The van der Waals surface area contributed by atoms with Gasteiger partial charge in [0, 0.05) is 11.3 Å². The third kappa shape index (κ3) is 4.35. The van der Waals surface area contributed by atoms with E-state index >= 15 is 0 Å². The number of quaternary nitrogens is 1. The molecule has 0 saturated carbocycles. The van der Waals surface area contributed by atoms with Crippen LogP contribution in [0.2, 0.25) is 0 Å². The molecule has 0 fully saturated rings. The van der Waals surface area contributed by atoms with E-state index in [1.165, 1.54) is 0 Å². The van der Waals surface area contributed by atoms with Crippen molar-refractivity contribution < 1.29 is 9.69 Å². The van der Waals surface area contributed by atoms with Crippen LogP contribution < -0.4 is 0 Å². The molecule has 0 heterocycles. The first-order valence-corrected chi connectivity index (χ1v) is 7.37. The minimum Gasteiger partial charge on any atom is -0.410 e. The molecule has 1 aromatic carbocycles. The van der Waals surface area contributed by atoms with E-state index in [4.69, 9.17) is 5.21 Å². The van der Waals surface area contributed by atoms with Crippen LogP contribution in [-0.4, -0.2) is 47.2 Å². The maximum atomic E-state index is 9.09. The minimum absolute atomic E-state index is 0.703. The predicted molar refractivity (Wildman–Crippen MR) is 79.4 cm³/mol. The van der Waals surface area contributed by atoms with Gasteiger partial charge in [-0.15, -0.1) is 0 Å². The van der Waals surface area contributed by atoms with Crippen molar-refractivity contribution in [3.05, 3.63) is 35.9 Å². The molecule has 0 unspecified atom stereocenters. The molecule has 18 heavy (non-hydrogen) atoms. The van der Waals surface area contributed by atoms with Gasteiger partial charge in [0.1, 0.15) is 5.04 Å². The average Bonchev–Trinajstić information content (AvgIpc) is 2.44. The third-order valence-corrected chi connectivity index (χ3v) is 4.49. The highest BCUT2D eigenvalue weighted by Gasteiger charge is 2.16. The Morgan fingerprint density at radius 2 is 1.83 bits per heavy atom. The normalized spacial score (nSPS) is 12.7. The van der Waals surface area contributed by atoms with Gasteiger partial charge in [0.15, 0.2) is 0 Å². The first kappa shape index (κ1) is 15.1. The maximum Gasteiger partial charge on any atom is 0.143 e. The van der Waals surface area contributed by atoms with Crippen LogP contribution in [0.15, 0.2) is 35.5 Å². The molecular weight excluding hydrogens is 244 g/mol. The fraction of sp³-hybridized carbons (Fsp3) is 0.500. The topological polar surface area (TPSA) is 32.6 Å².